The number of methoxy groups -OCH3 is 1. The molecule has 0 radical (unpaired) electrons. The van der Waals surface area contributed by atoms with Crippen LogP contribution in [0.25, 0.3) is 0 Å². The van der Waals surface area contributed by atoms with Crippen molar-refractivity contribution < 1.29 is 4.74 Å². The van der Waals surface area contributed by atoms with Crippen molar-refractivity contribution in [3.8, 4) is 5.75 Å². The molecule has 0 spiro atoms. The lowest BCUT2D eigenvalue weighted by Gasteiger charge is -2.14. The number of rotatable bonds is 4. The lowest BCUT2D eigenvalue weighted by atomic mass is 10.1. The van der Waals surface area contributed by atoms with Gasteiger partial charge >= 0.3 is 0 Å². The van der Waals surface area contributed by atoms with Crippen LogP contribution in [0.1, 0.15) is 19.4 Å². The summed E-state index contributed by atoms with van der Waals surface area (Å²) in [5.41, 5.74) is 2.07. The summed E-state index contributed by atoms with van der Waals surface area (Å²) >= 11 is 6.02. The third-order valence-corrected chi connectivity index (χ3v) is 2.59. The maximum Gasteiger partial charge on any atom is 0.143 e. The van der Waals surface area contributed by atoms with Crippen LogP contribution in [-0.2, 0) is 0 Å². The van der Waals surface area contributed by atoms with E-state index in [0.29, 0.717) is 5.92 Å². The number of halogens is 1. The Morgan fingerprint density at radius 2 is 2.07 bits per heavy atom. The van der Waals surface area contributed by atoms with Crippen LogP contribution in [0, 0.1) is 12.8 Å². The summed E-state index contributed by atoms with van der Waals surface area (Å²) < 4.78 is 5.27. The SMILES string of the molecule is COc1cc(Cl)c(C)cc1NCC(C)C. The minimum atomic E-state index is 0.602. The minimum Gasteiger partial charge on any atom is -0.495 e. The number of hydrogen-bond donors (Lipinski definition) is 1. The van der Waals surface area contributed by atoms with E-state index in [1.807, 2.05) is 19.1 Å². The van der Waals surface area contributed by atoms with E-state index in [-0.39, 0.29) is 0 Å². The van der Waals surface area contributed by atoms with Crippen molar-refractivity contribution in [1.82, 2.24) is 0 Å². The summed E-state index contributed by atoms with van der Waals surface area (Å²) in [6, 6.07) is 3.86. The van der Waals surface area contributed by atoms with Crippen LogP contribution >= 0.6 is 11.6 Å². The largest absolute Gasteiger partial charge is 0.495 e. The van der Waals surface area contributed by atoms with Gasteiger partial charge < -0.3 is 10.1 Å². The second kappa shape index (κ2) is 5.26. The van der Waals surface area contributed by atoms with Gasteiger partial charge in [0.05, 0.1) is 12.8 Å². The topological polar surface area (TPSA) is 21.3 Å². The van der Waals surface area contributed by atoms with Gasteiger partial charge in [0.25, 0.3) is 0 Å². The summed E-state index contributed by atoms with van der Waals surface area (Å²) in [5.74, 6) is 1.40. The number of anilines is 1. The maximum atomic E-state index is 6.02. The van der Waals surface area contributed by atoms with E-state index in [9.17, 15) is 0 Å². The Kier molecular flexibility index (Phi) is 4.28. The Hall–Kier alpha value is -0.890. The van der Waals surface area contributed by atoms with E-state index >= 15 is 0 Å². The highest BCUT2D eigenvalue weighted by Crippen LogP contribution is 2.30. The fourth-order valence-electron chi connectivity index (χ4n) is 1.28. The van der Waals surface area contributed by atoms with Gasteiger partial charge in [-0.25, -0.2) is 0 Å². The first-order chi connectivity index (χ1) is 7.04. The van der Waals surface area contributed by atoms with E-state index in [4.69, 9.17) is 16.3 Å². The fraction of sp³-hybridized carbons (Fsp3) is 0.500. The van der Waals surface area contributed by atoms with E-state index in [2.05, 4.69) is 19.2 Å². The molecule has 0 amide bonds. The van der Waals surface area contributed by atoms with Gasteiger partial charge in [0.2, 0.25) is 0 Å². The summed E-state index contributed by atoms with van der Waals surface area (Å²) in [4.78, 5) is 0. The first-order valence-corrected chi connectivity index (χ1v) is 5.50. The lowest BCUT2D eigenvalue weighted by Crippen LogP contribution is -2.09. The second-order valence-corrected chi connectivity index (χ2v) is 4.48. The highest BCUT2D eigenvalue weighted by Gasteiger charge is 2.06. The molecule has 0 aliphatic heterocycles. The molecule has 0 aromatic heterocycles. The number of nitrogens with one attached hydrogen (secondary N) is 1. The van der Waals surface area contributed by atoms with E-state index in [0.717, 1.165) is 28.6 Å². The molecule has 0 unspecified atom stereocenters. The zero-order valence-corrected chi connectivity index (χ0v) is 10.5. The molecule has 1 aromatic carbocycles. The lowest BCUT2D eigenvalue weighted by molar-refractivity contribution is 0.416. The van der Waals surface area contributed by atoms with Crippen molar-refractivity contribution in [2.75, 3.05) is 19.0 Å². The van der Waals surface area contributed by atoms with Gasteiger partial charge in [-0.15, -0.1) is 0 Å². The van der Waals surface area contributed by atoms with Crippen molar-refractivity contribution in [2.45, 2.75) is 20.8 Å². The molecule has 84 valence electrons. The molecule has 1 rings (SSSR count). The third-order valence-electron chi connectivity index (χ3n) is 2.18. The standard InChI is InChI=1S/C12H18ClNO/c1-8(2)7-14-11-5-9(3)10(13)6-12(11)15-4/h5-6,8,14H,7H2,1-4H3. The van der Waals surface area contributed by atoms with Crippen molar-refractivity contribution in [2.24, 2.45) is 5.92 Å². The molecule has 1 aromatic rings. The molecule has 0 bridgehead atoms. The first kappa shape index (κ1) is 12.2. The molecular formula is C12H18ClNO. The summed E-state index contributed by atoms with van der Waals surface area (Å²) in [7, 11) is 1.65. The molecular weight excluding hydrogens is 210 g/mol. The van der Waals surface area contributed by atoms with Crippen LogP contribution in [-0.4, -0.2) is 13.7 Å². The zero-order valence-electron chi connectivity index (χ0n) is 9.73. The molecule has 0 fully saturated rings. The average Bonchev–Trinajstić information content (AvgIpc) is 2.19. The maximum absolute atomic E-state index is 6.02. The van der Waals surface area contributed by atoms with Gasteiger partial charge in [0.1, 0.15) is 5.75 Å². The quantitative estimate of drug-likeness (QED) is 0.847. The summed E-state index contributed by atoms with van der Waals surface area (Å²) in [5, 5.41) is 4.09. The summed E-state index contributed by atoms with van der Waals surface area (Å²) in [6.45, 7) is 7.25. The van der Waals surface area contributed by atoms with Crippen molar-refractivity contribution >= 4 is 17.3 Å². The zero-order chi connectivity index (χ0) is 11.4. The predicted molar refractivity (Wildman–Crippen MR) is 66.1 cm³/mol. The number of ether oxygens (including phenoxy) is 1. The predicted octanol–water partition coefficient (Wildman–Crippen LogP) is 3.72. The highest BCUT2D eigenvalue weighted by molar-refractivity contribution is 6.31. The van der Waals surface area contributed by atoms with Crippen LogP contribution < -0.4 is 10.1 Å². The van der Waals surface area contributed by atoms with Crippen LogP contribution in [0.2, 0.25) is 5.02 Å². The average molecular weight is 228 g/mol. The summed E-state index contributed by atoms with van der Waals surface area (Å²) in [6.07, 6.45) is 0. The van der Waals surface area contributed by atoms with E-state index in [1.54, 1.807) is 7.11 Å². The monoisotopic (exact) mass is 227 g/mol. The van der Waals surface area contributed by atoms with Crippen LogP contribution in [0.3, 0.4) is 0 Å². The van der Waals surface area contributed by atoms with Gasteiger partial charge in [-0.05, 0) is 24.5 Å². The number of benzene rings is 1. The molecule has 1 N–H and O–H groups in total. The van der Waals surface area contributed by atoms with Gasteiger partial charge in [-0.3, -0.25) is 0 Å². The molecule has 0 atom stereocenters. The van der Waals surface area contributed by atoms with Crippen LogP contribution in [0.4, 0.5) is 5.69 Å². The third kappa shape index (κ3) is 3.31. The molecule has 15 heavy (non-hydrogen) atoms. The van der Waals surface area contributed by atoms with Crippen molar-refractivity contribution in [3.63, 3.8) is 0 Å². The van der Waals surface area contributed by atoms with Gasteiger partial charge in [-0.2, -0.15) is 0 Å². The second-order valence-electron chi connectivity index (χ2n) is 4.08. The Morgan fingerprint density at radius 1 is 1.40 bits per heavy atom. The minimum absolute atomic E-state index is 0.602. The molecule has 0 saturated heterocycles. The van der Waals surface area contributed by atoms with Crippen LogP contribution in [0.5, 0.6) is 5.75 Å². The van der Waals surface area contributed by atoms with E-state index < -0.39 is 0 Å². The van der Waals surface area contributed by atoms with Gasteiger partial charge in [0, 0.05) is 17.6 Å². The van der Waals surface area contributed by atoms with Crippen molar-refractivity contribution in [3.05, 3.63) is 22.7 Å². The molecule has 3 heteroatoms. The molecule has 0 aliphatic carbocycles. The number of hydrogen-bond acceptors (Lipinski definition) is 2. The molecule has 0 aliphatic rings. The Bertz CT molecular complexity index is 337. The molecule has 0 saturated carbocycles. The highest BCUT2D eigenvalue weighted by atomic mass is 35.5. The molecule has 2 nitrogen and oxygen atoms in total. The Balaban J connectivity index is 2.89. The van der Waals surface area contributed by atoms with Crippen molar-refractivity contribution in [1.29, 1.82) is 0 Å². The number of aryl methyl sites for hydroxylation is 1. The normalized spacial score (nSPS) is 10.5. The van der Waals surface area contributed by atoms with Crippen LogP contribution in [0.15, 0.2) is 12.1 Å². The molecule has 0 heterocycles. The van der Waals surface area contributed by atoms with Gasteiger partial charge in [0.15, 0.2) is 0 Å². The fourth-order valence-corrected chi connectivity index (χ4v) is 1.44. The smallest absolute Gasteiger partial charge is 0.143 e. The first-order valence-electron chi connectivity index (χ1n) is 5.12. The Morgan fingerprint density at radius 3 is 2.60 bits per heavy atom. The van der Waals surface area contributed by atoms with E-state index in [1.165, 1.54) is 0 Å². The Labute approximate surface area is 96.6 Å². The van der Waals surface area contributed by atoms with Gasteiger partial charge in [-0.1, -0.05) is 25.4 Å².